The second-order valence-corrected chi connectivity index (χ2v) is 2.95. The molecular formula is C9H7BO3. The lowest BCUT2D eigenvalue weighted by Gasteiger charge is -1.99. The van der Waals surface area contributed by atoms with Crippen LogP contribution >= 0.6 is 0 Å². The fourth-order valence-corrected chi connectivity index (χ4v) is 1.25. The van der Waals surface area contributed by atoms with Crippen LogP contribution in [-0.4, -0.2) is 13.0 Å². The average molecular weight is 174 g/mol. The zero-order valence-corrected chi connectivity index (χ0v) is 7.07. The molecule has 64 valence electrons. The van der Waals surface area contributed by atoms with Crippen molar-refractivity contribution in [1.29, 1.82) is 0 Å². The Labute approximate surface area is 75.0 Å². The maximum Gasteiger partial charge on any atom is 0.339 e. The molecule has 0 fully saturated rings. The van der Waals surface area contributed by atoms with Crippen molar-refractivity contribution in [3.05, 3.63) is 34.7 Å². The van der Waals surface area contributed by atoms with E-state index in [1.807, 2.05) is 13.9 Å². The summed E-state index contributed by atoms with van der Waals surface area (Å²) in [5.41, 5.74) is 0.877. The van der Waals surface area contributed by atoms with Gasteiger partial charge in [-0.05, 0) is 12.1 Å². The number of hydrogen-bond donors (Lipinski definition) is 1. The lowest BCUT2D eigenvalue weighted by atomic mass is 9.95. The van der Waals surface area contributed by atoms with Crippen LogP contribution < -0.4 is 11.1 Å². The molecule has 0 aliphatic rings. The molecule has 0 atom stereocenters. The van der Waals surface area contributed by atoms with Crippen LogP contribution in [0.1, 0.15) is 0 Å². The zero-order valence-electron chi connectivity index (χ0n) is 7.07. The minimum absolute atomic E-state index is 0.0359. The van der Waals surface area contributed by atoms with E-state index >= 15 is 0 Å². The Morgan fingerprint density at radius 1 is 1.31 bits per heavy atom. The average Bonchev–Trinajstić information content (AvgIpc) is 2.02. The first-order chi connectivity index (χ1) is 6.16. The number of fused-ring (bicyclic) bond motifs is 1. The van der Waals surface area contributed by atoms with Crippen molar-refractivity contribution in [2.24, 2.45) is 0 Å². The molecule has 0 bridgehead atoms. The molecule has 0 saturated heterocycles. The van der Waals surface area contributed by atoms with Crippen molar-refractivity contribution in [3.63, 3.8) is 0 Å². The normalized spacial score (nSPS) is 10.5. The Morgan fingerprint density at radius 2 is 2.08 bits per heavy atom. The molecule has 0 aliphatic heterocycles. The topological polar surface area (TPSA) is 50.4 Å². The lowest BCUT2D eigenvalue weighted by molar-refractivity contribution is 0.468. The number of hydrogen-bond acceptors (Lipinski definition) is 3. The first kappa shape index (κ1) is 7.92. The van der Waals surface area contributed by atoms with Gasteiger partial charge in [-0.15, -0.1) is 0 Å². The molecule has 0 saturated carbocycles. The molecule has 3 nitrogen and oxygen atoms in total. The summed E-state index contributed by atoms with van der Waals surface area (Å²) in [7, 11) is 1.89. The number of rotatable bonds is 0. The van der Waals surface area contributed by atoms with Crippen LogP contribution in [0, 0.1) is 0 Å². The molecule has 1 N–H and O–H groups in total. The Kier molecular flexibility index (Phi) is 1.62. The first-order valence-electron chi connectivity index (χ1n) is 3.90. The Morgan fingerprint density at radius 3 is 2.85 bits per heavy atom. The van der Waals surface area contributed by atoms with Crippen molar-refractivity contribution in [3.8, 4) is 5.75 Å². The molecule has 1 aromatic carbocycles. The third-order valence-electron chi connectivity index (χ3n) is 1.88. The van der Waals surface area contributed by atoms with Crippen LogP contribution in [0.25, 0.3) is 11.0 Å². The van der Waals surface area contributed by atoms with E-state index in [2.05, 4.69) is 0 Å². The van der Waals surface area contributed by atoms with Gasteiger partial charge in [0.2, 0.25) is 0 Å². The molecule has 0 spiro atoms. The van der Waals surface area contributed by atoms with Gasteiger partial charge in [0.25, 0.3) is 0 Å². The first-order valence-corrected chi connectivity index (χ1v) is 3.90. The van der Waals surface area contributed by atoms with E-state index in [-0.39, 0.29) is 5.75 Å². The Balaban J connectivity index is 2.94. The van der Waals surface area contributed by atoms with Crippen molar-refractivity contribution >= 4 is 24.3 Å². The molecule has 0 radical (unpaired) electrons. The molecule has 0 amide bonds. The SMILES string of the molecule is Bc1ccc2c(O)cc(=O)oc2c1. The van der Waals surface area contributed by atoms with Crippen LogP contribution in [0.3, 0.4) is 0 Å². The largest absolute Gasteiger partial charge is 0.507 e. The van der Waals surface area contributed by atoms with E-state index in [9.17, 15) is 9.90 Å². The monoisotopic (exact) mass is 174 g/mol. The molecule has 1 aromatic heterocycles. The maximum absolute atomic E-state index is 10.9. The summed E-state index contributed by atoms with van der Waals surface area (Å²) in [6, 6.07) is 6.36. The van der Waals surface area contributed by atoms with E-state index < -0.39 is 5.63 Å². The Hall–Kier alpha value is -1.71. The fourth-order valence-electron chi connectivity index (χ4n) is 1.25. The second kappa shape index (κ2) is 2.66. The zero-order chi connectivity index (χ0) is 9.42. The van der Waals surface area contributed by atoms with Gasteiger partial charge >= 0.3 is 5.63 Å². The number of aromatic hydroxyl groups is 1. The molecule has 2 rings (SSSR count). The molecule has 1 heterocycles. The van der Waals surface area contributed by atoms with Crippen LogP contribution in [0.15, 0.2) is 33.5 Å². The maximum atomic E-state index is 10.9. The van der Waals surface area contributed by atoms with Gasteiger partial charge in [-0.1, -0.05) is 11.5 Å². The van der Waals surface area contributed by atoms with E-state index in [0.29, 0.717) is 11.0 Å². The molecule has 13 heavy (non-hydrogen) atoms. The van der Waals surface area contributed by atoms with Crippen molar-refractivity contribution in [2.75, 3.05) is 0 Å². The molecule has 4 heteroatoms. The van der Waals surface area contributed by atoms with E-state index in [0.717, 1.165) is 11.5 Å². The van der Waals surface area contributed by atoms with Crippen LogP contribution in [0.4, 0.5) is 0 Å². The molecule has 0 unspecified atom stereocenters. The van der Waals surface area contributed by atoms with Crippen LogP contribution in [-0.2, 0) is 0 Å². The minimum atomic E-state index is -0.532. The minimum Gasteiger partial charge on any atom is -0.507 e. The van der Waals surface area contributed by atoms with Crippen molar-refractivity contribution in [1.82, 2.24) is 0 Å². The summed E-state index contributed by atoms with van der Waals surface area (Å²) >= 11 is 0. The number of benzene rings is 1. The van der Waals surface area contributed by atoms with Gasteiger partial charge in [-0.25, -0.2) is 4.79 Å². The van der Waals surface area contributed by atoms with Crippen molar-refractivity contribution in [2.45, 2.75) is 0 Å². The predicted octanol–water partition coefficient (Wildman–Crippen LogP) is -0.243. The third kappa shape index (κ3) is 1.31. The van der Waals surface area contributed by atoms with Gasteiger partial charge in [-0.2, -0.15) is 0 Å². The van der Waals surface area contributed by atoms with Gasteiger partial charge in [0, 0.05) is 0 Å². The van der Waals surface area contributed by atoms with E-state index in [4.69, 9.17) is 4.42 Å². The van der Waals surface area contributed by atoms with Gasteiger partial charge in [-0.3, -0.25) is 0 Å². The predicted molar refractivity (Wildman–Crippen MR) is 52.3 cm³/mol. The highest BCUT2D eigenvalue weighted by atomic mass is 16.4. The van der Waals surface area contributed by atoms with Gasteiger partial charge in [0.15, 0.2) is 0 Å². The van der Waals surface area contributed by atoms with Gasteiger partial charge in [0.1, 0.15) is 19.2 Å². The van der Waals surface area contributed by atoms with Crippen LogP contribution in [0.2, 0.25) is 0 Å². The van der Waals surface area contributed by atoms with E-state index in [1.165, 1.54) is 0 Å². The quantitative estimate of drug-likeness (QED) is 0.442. The van der Waals surface area contributed by atoms with Crippen molar-refractivity contribution < 1.29 is 9.52 Å². The Bertz CT molecular complexity index is 516. The molecular weight excluding hydrogens is 167 g/mol. The summed E-state index contributed by atoms with van der Waals surface area (Å²) in [4.78, 5) is 10.9. The highest BCUT2D eigenvalue weighted by Gasteiger charge is 2.02. The summed E-state index contributed by atoms with van der Waals surface area (Å²) in [6.07, 6.45) is 0. The van der Waals surface area contributed by atoms with Gasteiger partial charge < -0.3 is 9.52 Å². The lowest BCUT2D eigenvalue weighted by Crippen LogP contribution is -2.02. The summed E-state index contributed by atoms with van der Waals surface area (Å²) < 4.78 is 4.91. The highest BCUT2D eigenvalue weighted by Crippen LogP contribution is 2.20. The molecule has 0 aliphatic carbocycles. The summed E-state index contributed by atoms with van der Waals surface area (Å²) in [5, 5.41) is 9.94. The summed E-state index contributed by atoms with van der Waals surface area (Å²) in [5.74, 6) is -0.0359. The smallest absolute Gasteiger partial charge is 0.339 e. The van der Waals surface area contributed by atoms with E-state index in [1.54, 1.807) is 12.1 Å². The molecule has 2 aromatic rings. The fraction of sp³-hybridized carbons (Fsp3) is 0. The third-order valence-corrected chi connectivity index (χ3v) is 1.88. The standard InChI is InChI=1S/C9H7BO3/c10-5-1-2-6-7(11)4-9(12)13-8(6)3-5/h1-4,11H,10H2. The highest BCUT2D eigenvalue weighted by molar-refractivity contribution is 6.33. The summed E-state index contributed by atoms with van der Waals surface area (Å²) in [6.45, 7) is 0. The second-order valence-electron chi connectivity index (χ2n) is 2.95. The van der Waals surface area contributed by atoms with Crippen LogP contribution in [0.5, 0.6) is 5.75 Å². The van der Waals surface area contributed by atoms with Gasteiger partial charge in [0.05, 0.1) is 11.5 Å².